The first-order chi connectivity index (χ1) is 12.5. The van der Waals surface area contributed by atoms with E-state index in [9.17, 15) is 4.79 Å². The average molecular weight is 350 g/mol. The molecule has 0 radical (unpaired) electrons. The molecular weight excluding hydrogens is 328 g/mol. The zero-order chi connectivity index (χ0) is 18.4. The molecule has 26 heavy (non-hydrogen) atoms. The first-order valence-electron chi connectivity index (χ1n) is 8.86. The first-order valence-corrected chi connectivity index (χ1v) is 8.86. The lowest BCUT2D eigenvalue weighted by atomic mass is 10.1. The lowest BCUT2D eigenvalue weighted by molar-refractivity contribution is 0.0745. The molecule has 0 unspecified atom stereocenters. The van der Waals surface area contributed by atoms with Crippen molar-refractivity contribution in [1.29, 1.82) is 0 Å². The number of rotatable bonds is 3. The van der Waals surface area contributed by atoms with E-state index >= 15 is 0 Å². The minimum Gasteiger partial charge on any atom is -0.493 e. The molecule has 134 valence electrons. The summed E-state index contributed by atoms with van der Waals surface area (Å²) in [7, 11) is 0. The molecule has 0 aliphatic carbocycles. The molecular formula is C20H22N4O2. The maximum atomic E-state index is 13.0. The molecule has 6 heteroatoms. The molecule has 1 aliphatic rings. The van der Waals surface area contributed by atoms with Gasteiger partial charge in [0.15, 0.2) is 5.65 Å². The summed E-state index contributed by atoms with van der Waals surface area (Å²) in [4.78, 5) is 19.6. The molecule has 0 atom stereocenters. The van der Waals surface area contributed by atoms with Gasteiger partial charge in [-0.25, -0.2) is 9.50 Å². The maximum Gasteiger partial charge on any atom is 0.258 e. The van der Waals surface area contributed by atoms with Crippen molar-refractivity contribution >= 4 is 11.6 Å². The number of aromatic nitrogens is 3. The fourth-order valence-electron chi connectivity index (χ4n) is 3.45. The van der Waals surface area contributed by atoms with Crippen LogP contribution in [0.2, 0.25) is 0 Å². The minimum absolute atomic E-state index is 0.0363. The van der Waals surface area contributed by atoms with E-state index in [0.717, 1.165) is 33.9 Å². The SMILES string of the molecule is CCOc1ccccc1C(=O)N1Cc2nn3c(C)c(C)c(C)nc3c2C1. The third-order valence-corrected chi connectivity index (χ3v) is 5.11. The van der Waals surface area contributed by atoms with Crippen LogP contribution in [0.25, 0.3) is 5.65 Å². The number of benzene rings is 1. The number of nitrogens with zero attached hydrogens (tertiary/aromatic N) is 4. The van der Waals surface area contributed by atoms with Gasteiger partial charge in [-0.3, -0.25) is 4.79 Å². The molecule has 0 N–H and O–H groups in total. The van der Waals surface area contributed by atoms with Crippen molar-refractivity contribution in [2.45, 2.75) is 40.8 Å². The summed E-state index contributed by atoms with van der Waals surface area (Å²) < 4.78 is 7.52. The zero-order valence-electron chi connectivity index (χ0n) is 15.5. The van der Waals surface area contributed by atoms with Crippen LogP contribution in [0.4, 0.5) is 0 Å². The van der Waals surface area contributed by atoms with Gasteiger partial charge in [0.25, 0.3) is 5.91 Å². The third kappa shape index (κ3) is 2.44. The third-order valence-electron chi connectivity index (χ3n) is 5.11. The molecule has 0 bridgehead atoms. The van der Waals surface area contributed by atoms with E-state index in [1.54, 1.807) is 0 Å². The van der Waals surface area contributed by atoms with Crippen molar-refractivity contribution in [2.75, 3.05) is 6.61 Å². The minimum atomic E-state index is -0.0363. The van der Waals surface area contributed by atoms with Crippen LogP contribution in [0.5, 0.6) is 5.75 Å². The summed E-state index contributed by atoms with van der Waals surface area (Å²) in [6.45, 7) is 9.59. The van der Waals surface area contributed by atoms with Gasteiger partial charge < -0.3 is 9.64 Å². The molecule has 3 heterocycles. The highest BCUT2D eigenvalue weighted by Gasteiger charge is 2.31. The Bertz CT molecular complexity index is 1020. The second-order valence-electron chi connectivity index (χ2n) is 6.66. The molecule has 3 aromatic rings. The summed E-state index contributed by atoms with van der Waals surface area (Å²) >= 11 is 0. The Kier molecular flexibility index (Phi) is 3.90. The molecule has 4 rings (SSSR count). The van der Waals surface area contributed by atoms with Crippen LogP contribution in [-0.2, 0) is 13.1 Å². The topological polar surface area (TPSA) is 59.7 Å². The van der Waals surface area contributed by atoms with Crippen LogP contribution in [0.3, 0.4) is 0 Å². The second kappa shape index (κ2) is 6.12. The molecule has 1 aromatic carbocycles. The summed E-state index contributed by atoms with van der Waals surface area (Å²) in [6.07, 6.45) is 0. The number of fused-ring (bicyclic) bond motifs is 3. The van der Waals surface area contributed by atoms with Gasteiger partial charge >= 0.3 is 0 Å². The fourth-order valence-corrected chi connectivity index (χ4v) is 3.45. The number of hydrogen-bond acceptors (Lipinski definition) is 4. The lowest BCUT2D eigenvalue weighted by Crippen LogP contribution is -2.26. The van der Waals surface area contributed by atoms with Gasteiger partial charge in [0.05, 0.1) is 31.0 Å². The van der Waals surface area contributed by atoms with Crippen LogP contribution in [0, 0.1) is 20.8 Å². The number of carbonyl (C=O) groups is 1. The Morgan fingerprint density at radius 3 is 2.73 bits per heavy atom. The van der Waals surface area contributed by atoms with Gasteiger partial charge in [0, 0.05) is 17.0 Å². The average Bonchev–Trinajstić information content (AvgIpc) is 3.19. The molecule has 0 spiro atoms. The molecule has 6 nitrogen and oxygen atoms in total. The second-order valence-corrected chi connectivity index (χ2v) is 6.66. The van der Waals surface area contributed by atoms with Crippen LogP contribution in [0.1, 0.15) is 45.5 Å². The highest BCUT2D eigenvalue weighted by atomic mass is 16.5. The van der Waals surface area contributed by atoms with Gasteiger partial charge in [-0.05, 0) is 45.4 Å². The van der Waals surface area contributed by atoms with Crippen LogP contribution >= 0.6 is 0 Å². The van der Waals surface area contributed by atoms with Crippen molar-refractivity contribution in [3.05, 3.63) is 58.0 Å². The smallest absolute Gasteiger partial charge is 0.258 e. The normalized spacial score (nSPS) is 13.3. The number of amides is 1. The Morgan fingerprint density at radius 2 is 1.96 bits per heavy atom. The van der Waals surface area contributed by atoms with Crippen LogP contribution < -0.4 is 4.74 Å². The van der Waals surface area contributed by atoms with Gasteiger partial charge in [-0.15, -0.1) is 0 Å². The zero-order valence-corrected chi connectivity index (χ0v) is 15.5. The monoisotopic (exact) mass is 350 g/mol. The molecule has 0 fully saturated rings. The van der Waals surface area contributed by atoms with Crippen molar-refractivity contribution in [3.63, 3.8) is 0 Å². The summed E-state index contributed by atoms with van der Waals surface area (Å²) in [5.41, 5.74) is 6.66. The van der Waals surface area contributed by atoms with Crippen molar-refractivity contribution in [2.24, 2.45) is 0 Å². The number of aryl methyl sites for hydroxylation is 2. The Balaban J connectivity index is 1.68. The van der Waals surface area contributed by atoms with E-state index < -0.39 is 0 Å². The lowest BCUT2D eigenvalue weighted by Gasteiger charge is -2.18. The predicted octanol–water partition coefficient (Wildman–Crippen LogP) is 3.21. The van der Waals surface area contributed by atoms with Crippen LogP contribution in [-0.4, -0.2) is 32.0 Å². The summed E-state index contributed by atoms with van der Waals surface area (Å²) in [5, 5.41) is 4.71. The van der Waals surface area contributed by atoms with Gasteiger partial charge in [-0.2, -0.15) is 5.10 Å². The Hall–Kier alpha value is -2.89. The molecule has 2 aromatic heterocycles. The van der Waals surface area contributed by atoms with E-state index in [1.807, 2.05) is 47.5 Å². The molecule has 1 amide bonds. The number of carbonyl (C=O) groups excluding carboxylic acids is 1. The standard InChI is InChI=1S/C20H22N4O2/c1-5-26-18-9-7-6-8-15(18)20(25)23-10-16-17(11-23)22-24-14(4)12(2)13(3)21-19(16)24/h6-9H,5,10-11H2,1-4H3. The number of hydrogen-bond donors (Lipinski definition) is 0. The van der Waals surface area contributed by atoms with Gasteiger partial charge in [0.1, 0.15) is 5.75 Å². The largest absolute Gasteiger partial charge is 0.493 e. The van der Waals surface area contributed by atoms with E-state index in [-0.39, 0.29) is 5.91 Å². The van der Waals surface area contributed by atoms with Gasteiger partial charge in [0.2, 0.25) is 0 Å². The summed E-state index contributed by atoms with van der Waals surface area (Å²) in [5.74, 6) is 0.588. The highest BCUT2D eigenvalue weighted by molar-refractivity contribution is 5.97. The predicted molar refractivity (Wildman–Crippen MR) is 98.4 cm³/mol. The van der Waals surface area contributed by atoms with Crippen molar-refractivity contribution in [1.82, 2.24) is 19.5 Å². The van der Waals surface area contributed by atoms with E-state index in [0.29, 0.717) is 31.0 Å². The van der Waals surface area contributed by atoms with E-state index in [4.69, 9.17) is 14.8 Å². The molecule has 0 saturated heterocycles. The number of ether oxygens (including phenoxy) is 1. The van der Waals surface area contributed by atoms with Gasteiger partial charge in [-0.1, -0.05) is 12.1 Å². The molecule has 0 saturated carbocycles. The fraction of sp³-hybridized carbons (Fsp3) is 0.350. The summed E-state index contributed by atoms with van der Waals surface area (Å²) in [6, 6.07) is 7.39. The van der Waals surface area contributed by atoms with E-state index in [2.05, 4.69) is 13.8 Å². The Labute approximate surface area is 152 Å². The van der Waals surface area contributed by atoms with Crippen molar-refractivity contribution < 1.29 is 9.53 Å². The number of para-hydroxylation sites is 1. The van der Waals surface area contributed by atoms with Crippen molar-refractivity contribution in [3.8, 4) is 5.75 Å². The molecule has 1 aliphatic heterocycles. The Morgan fingerprint density at radius 1 is 1.19 bits per heavy atom. The quantitative estimate of drug-likeness (QED) is 0.728. The van der Waals surface area contributed by atoms with Crippen LogP contribution in [0.15, 0.2) is 24.3 Å². The maximum absolute atomic E-state index is 13.0. The van der Waals surface area contributed by atoms with E-state index in [1.165, 1.54) is 0 Å². The highest BCUT2D eigenvalue weighted by Crippen LogP contribution is 2.30. The first kappa shape index (κ1) is 16.6.